The highest BCUT2D eigenvalue weighted by Gasteiger charge is 2.28. The first-order chi connectivity index (χ1) is 14.1. The summed E-state index contributed by atoms with van der Waals surface area (Å²) < 4.78 is 11.0. The van der Waals surface area contributed by atoms with Crippen LogP contribution in [0.25, 0.3) is 11.4 Å². The number of likely N-dealkylation sites (tertiary alicyclic amines) is 1. The first kappa shape index (κ1) is 19.2. The lowest BCUT2D eigenvalue weighted by Crippen LogP contribution is -2.38. The van der Waals surface area contributed by atoms with E-state index in [2.05, 4.69) is 10.1 Å². The molecule has 0 radical (unpaired) electrons. The number of benzene rings is 2. The predicted octanol–water partition coefficient (Wildman–Crippen LogP) is 4.46. The minimum atomic E-state index is 0.0531. The maximum Gasteiger partial charge on any atom is 0.253 e. The second-order valence-electron chi connectivity index (χ2n) is 7.35. The summed E-state index contributed by atoms with van der Waals surface area (Å²) in [5.74, 6) is 2.30. The average molecular weight is 391 g/mol. The summed E-state index contributed by atoms with van der Waals surface area (Å²) in [6.45, 7) is 5.96. The van der Waals surface area contributed by atoms with Crippen LogP contribution >= 0.6 is 0 Å². The lowest BCUT2D eigenvalue weighted by molar-refractivity contribution is 0.0704. The van der Waals surface area contributed by atoms with E-state index in [0.29, 0.717) is 37.0 Å². The van der Waals surface area contributed by atoms with Crippen molar-refractivity contribution in [3.05, 3.63) is 65.5 Å². The SMILES string of the molecule is CCOc1ccc(C(=O)N2CCC(c3nc(-c4ccc(C)cc4)no3)CC2)cc1. The largest absolute Gasteiger partial charge is 0.494 e. The van der Waals surface area contributed by atoms with E-state index in [0.717, 1.165) is 24.2 Å². The number of carbonyl (C=O) groups excluding carboxylic acids is 1. The Kier molecular flexibility index (Phi) is 5.60. The van der Waals surface area contributed by atoms with Crippen molar-refractivity contribution < 1.29 is 14.1 Å². The lowest BCUT2D eigenvalue weighted by Gasteiger charge is -2.30. The Morgan fingerprint density at radius 2 is 1.79 bits per heavy atom. The van der Waals surface area contributed by atoms with Crippen LogP contribution in [0, 0.1) is 6.92 Å². The Labute approximate surface area is 170 Å². The molecule has 2 aromatic carbocycles. The van der Waals surface area contributed by atoms with Gasteiger partial charge in [0.25, 0.3) is 5.91 Å². The van der Waals surface area contributed by atoms with Gasteiger partial charge in [0.2, 0.25) is 11.7 Å². The van der Waals surface area contributed by atoms with Gasteiger partial charge in [0.05, 0.1) is 6.61 Å². The average Bonchev–Trinajstić information content (AvgIpc) is 3.25. The molecule has 1 aromatic heterocycles. The van der Waals surface area contributed by atoms with E-state index in [9.17, 15) is 4.79 Å². The molecule has 1 saturated heterocycles. The van der Waals surface area contributed by atoms with Crippen LogP contribution in [0.2, 0.25) is 0 Å². The highest BCUT2D eigenvalue weighted by atomic mass is 16.5. The molecule has 1 fully saturated rings. The zero-order valence-electron chi connectivity index (χ0n) is 16.8. The van der Waals surface area contributed by atoms with E-state index >= 15 is 0 Å². The molecule has 0 aliphatic carbocycles. The standard InChI is InChI=1S/C23H25N3O3/c1-3-28-20-10-8-19(9-11-20)23(27)26-14-12-18(13-15-26)22-24-21(25-29-22)17-6-4-16(2)5-7-17/h4-11,18H,3,12-15H2,1-2H3. The molecule has 1 aliphatic rings. The zero-order valence-corrected chi connectivity index (χ0v) is 16.8. The van der Waals surface area contributed by atoms with Crippen LogP contribution in [-0.2, 0) is 0 Å². The van der Waals surface area contributed by atoms with Crippen molar-refractivity contribution in [3.8, 4) is 17.1 Å². The Hall–Kier alpha value is -3.15. The van der Waals surface area contributed by atoms with Gasteiger partial charge in [0, 0.05) is 30.1 Å². The molecule has 0 spiro atoms. The number of piperidine rings is 1. The normalized spacial score (nSPS) is 14.8. The Morgan fingerprint density at radius 3 is 2.45 bits per heavy atom. The van der Waals surface area contributed by atoms with Crippen LogP contribution in [0.1, 0.15) is 47.5 Å². The number of rotatable bonds is 5. The molecular formula is C23H25N3O3. The van der Waals surface area contributed by atoms with Gasteiger partial charge in [-0.05, 0) is 51.0 Å². The summed E-state index contributed by atoms with van der Waals surface area (Å²) in [6, 6.07) is 15.4. The maximum atomic E-state index is 12.8. The smallest absolute Gasteiger partial charge is 0.253 e. The fourth-order valence-corrected chi connectivity index (χ4v) is 3.59. The van der Waals surface area contributed by atoms with Crippen molar-refractivity contribution in [1.29, 1.82) is 0 Å². The molecule has 6 heteroatoms. The topological polar surface area (TPSA) is 68.5 Å². The molecule has 3 aromatic rings. The maximum absolute atomic E-state index is 12.8. The molecule has 150 valence electrons. The van der Waals surface area contributed by atoms with Crippen LogP contribution in [-0.4, -0.2) is 40.6 Å². The number of hydrogen-bond acceptors (Lipinski definition) is 5. The van der Waals surface area contributed by atoms with E-state index in [4.69, 9.17) is 9.26 Å². The van der Waals surface area contributed by atoms with Crippen molar-refractivity contribution in [1.82, 2.24) is 15.0 Å². The molecule has 0 bridgehead atoms. The van der Waals surface area contributed by atoms with E-state index < -0.39 is 0 Å². The third kappa shape index (κ3) is 4.31. The number of hydrogen-bond donors (Lipinski definition) is 0. The van der Waals surface area contributed by atoms with Crippen molar-refractivity contribution in [3.63, 3.8) is 0 Å². The number of aromatic nitrogens is 2. The van der Waals surface area contributed by atoms with Gasteiger partial charge in [0.15, 0.2) is 0 Å². The number of ether oxygens (including phenoxy) is 1. The summed E-state index contributed by atoms with van der Waals surface area (Å²) in [5, 5.41) is 4.14. The summed E-state index contributed by atoms with van der Waals surface area (Å²) in [5.41, 5.74) is 2.84. The molecule has 0 N–H and O–H groups in total. The molecule has 2 heterocycles. The number of nitrogens with zero attached hydrogens (tertiary/aromatic N) is 3. The van der Waals surface area contributed by atoms with Gasteiger partial charge in [-0.15, -0.1) is 0 Å². The van der Waals surface area contributed by atoms with E-state index in [1.165, 1.54) is 5.56 Å². The Morgan fingerprint density at radius 1 is 1.10 bits per heavy atom. The van der Waals surface area contributed by atoms with E-state index in [-0.39, 0.29) is 11.8 Å². The molecule has 1 amide bonds. The molecule has 0 saturated carbocycles. The lowest BCUT2D eigenvalue weighted by atomic mass is 9.96. The predicted molar refractivity (Wildman–Crippen MR) is 110 cm³/mol. The first-order valence-electron chi connectivity index (χ1n) is 10.1. The minimum Gasteiger partial charge on any atom is -0.494 e. The Bertz CT molecular complexity index is 956. The second kappa shape index (κ2) is 8.47. The highest BCUT2D eigenvalue weighted by Crippen LogP contribution is 2.29. The summed E-state index contributed by atoms with van der Waals surface area (Å²) in [6.07, 6.45) is 1.64. The number of carbonyl (C=O) groups is 1. The van der Waals surface area contributed by atoms with Crippen LogP contribution in [0.15, 0.2) is 53.1 Å². The van der Waals surface area contributed by atoms with Crippen molar-refractivity contribution in [2.75, 3.05) is 19.7 Å². The third-order valence-corrected chi connectivity index (χ3v) is 5.30. The fraction of sp³-hybridized carbons (Fsp3) is 0.348. The molecule has 29 heavy (non-hydrogen) atoms. The molecular weight excluding hydrogens is 366 g/mol. The van der Waals surface area contributed by atoms with Crippen LogP contribution in [0.4, 0.5) is 0 Å². The summed E-state index contributed by atoms with van der Waals surface area (Å²) in [4.78, 5) is 19.2. The fourth-order valence-electron chi connectivity index (χ4n) is 3.59. The van der Waals surface area contributed by atoms with Gasteiger partial charge < -0.3 is 14.2 Å². The van der Waals surface area contributed by atoms with Crippen molar-refractivity contribution >= 4 is 5.91 Å². The number of aryl methyl sites for hydroxylation is 1. The van der Waals surface area contributed by atoms with Gasteiger partial charge >= 0.3 is 0 Å². The van der Waals surface area contributed by atoms with Crippen molar-refractivity contribution in [2.45, 2.75) is 32.6 Å². The molecule has 1 aliphatic heterocycles. The van der Waals surface area contributed by atoms with Gasteiger partial charge in [-0.25, -0.2) is 0 Å². The molecule has 6 nitrogen and oxygen atoms in total. The quantitative estimate of drug-likeness (QED) is 0.642. The van der Waals surface area contributed by atoms with Gasteiger partial charge in [-0.3, -0.25) is 4.79 Å². The third-order valence-electron chi connectivity index (χ3n) is 5.30. The number of amides is 1. The summed E-state index contributed by atoms with van der Waals surface area (Å²) in [7, 11) is 0. The van der Waals surface area contributed by atoms with Gasteiger partial charge in [-0.2, -0.15) is 4.98 Å². The first-order valence-corrected chi connectivity index (χ1v) is 10.1. The zero-order chi connectivity index (χ0) is 20.2. The van der Waals surface area contributed by atoms with E-state index in [1.807, 2.05) is 67.3 Å². The molecule has 0 unspecified atom stereocenters. The Balaban J connectivity index is 1.37. The minimum absolute atomic E-state index is 0.0531. The summed E-state index contributed by atoms with van der Waals surface area (Å²) >= 11 is 0. The monoisotopic (exact) mass is 391 g/mol. The van der Waals surface area contributed by atoms with Crippen LogP contribution < -0.4 is 4.74 Å². The molecule has 0 atom stereocenters. The van der Waals surface area contributed by atoms with Crippen LogP contribution in [0.3, 0.4) is 0 Å². The van der Waals surface area contributed by atoms with E-state index in [1.54, 1.807) is 0 Å². The van der Waals surface area contributed by atoms with Gasteiger partial charge in [0.1, 0.15) is 5.75 Å². The van der Waals surface area contributed by atoms with Crippen LogP contribution in [0.5, 0.6) is 5.75 Å². The van der Waals surface area contributed by atoms with Crippen molar-refractivity contribution in [2.24, 2.45) is 0 Å². The molecule has 4 rings (SSSR count). The second-order valence-corrected chi connectivity index (χ2v) is 7.35. The highest BCUT2D eigenvalue weighted by molar-refractivity contribution is 5.94. The van der Waals surface area contributed by atoms with Gasteiger partial charge in [-0.1, -0.05) is 35.0 Å².